The molecule has 2 fully saturated rings. The summed E-state index contributed by atoms with van der Waals surface area (Å²) in [6.07, 6.45) is 5.05. The number of aromatic amines is 1. The number of aromatic nitrogens is 5. The summed E-state index contributed by atoms with van der Waals surface area (Å²) in [7, 11) is 0. The maximum atomic E-state index is 12.9. The normalized spacial score (nSPS) is 19.5. The number of fused-ring (bicyclic) bond motifs is 4. The van der Waals surface area contributed by atoms with E-state index >= 15 is 0 Å². The van der Waals surface area contributed by atoms with E-state index in [1.807, 2.05) is 50.1 Å². The molecular formula is C27H30ClN7O2S. The number of amides is 1. The van der Waals surface area contributed by atoms with E-state index in [0.717, 1.165) is 52.2 Å². The van der Waals surface area contributed by atoms with Crippen molar-refractivity contribution >= 4 is 57.3 Å². The highest BCUT2D eigenvalue weighted by molar-refractivity contribution is 7.99. The van der Waals surface area contributed by atoms with Gasteiger partial charge in [0.1, 0.15) is 17.1 Å². The number of aryl methyl sites for hydroxylation is 1. The number of nitrogens with one attached hydrogen (secondary N) is 1. The lowest BCUT2D eigenvalue weighted by molar-refractivity contribution is 0.0233. The minimum Gasteiger partial charge on any atom is -0.444 e. The van der Waals surface area contributed by atoms with E-state index in [1.54, 1.807) is 6.20 Å². The highest BCUT2D eigenvalue weighted by Crippen LogP contribution is 2.40. The monoisotopic (exact) mass is 551 g/mol. The molecule has 2 aliphatic rings. The summed E-state index contributed by atoms with van der Waals surface area (Å²) in [5, 5.41) is 2.09. The summed E-state index contributed by atoms with van der Waals surface area (Å²) in [5.41, 5.74) is 2.79. The Hall–Kier alpha value is -3.11. The van der Waals surface area contributed by atoms with Crippen molar-refractivity contribution < 1.29 is 9.53 Å². The van der Waals surface area contributed by atoms with Gasteiger partial charge in [-0.1, -0.05) is 18.5 Å². The van der Waals surface area contributed by atoms with Crippen molar-refractivity contribution in [1.82, 2.24) is 29.8 Å². The Morgan fingerprint density at radius 2 is 2.05 bits per heavy atom. The second kappa shape index (κ2) is 9.57. The molecular weight excluding hydrogens is 522 g/mol. The highest BCUT2D eigenvalue weighted by Gasteiger charge is 2.43. The highest BCUT2D eigenvalue weighted by atomic mass is 35.5. The smallest absolute Gasteiger partial charge is 0.410 e. The van der Waals surface area contributed by atoms with Crippen LogP contribution >= 0.6 is 23.4 Å². The average molecular weight is 552 g/mol. The number of hydrogen-bond acceptors (Lipinski definition) is 8. The van der Waals surface area contributed by atoms with Gasteiger partial charge in [-0.2, -0.15) is 0 Å². The Bertz CT molecular complexity index is 1540. The quantitative estimate of drug-likeness (QED) is 0.322. The van der Waals surface area contributed by atoms with Crippen molar-refractivity contribution in [2.45, 2.75) is 62.2 Å². The van der Waals surface area contributed by atoms with Gasteiger partial charge in [0.25, 0.3) is 0 Å². The number of piperidine rings is 1. The Kier molecular flexibility index (Phi) is 6.34. The first kappa shape index (κ1) is 25.2. The Morgan fingerprint density at radius 1 is 1.21 bits per heavy atom. The largest absolute Gasteiger partial charge is 0.444 e. The molecule has 0 aliphatic carbocycles. The molecule has 6 rings (SSSR count). The van der Waals surface area contributed by atoms with Crippen LogP contribution in [0.3, 0.4) is 0 Å². The zero-order chi connectivity index (χ0) is 26.6. The van der Waals surface area contributed by atoms with Crippen LogP contribution in [0.4, 0.5) is 10.6 Å². The molecule has 0 radical (unpaired) electrons. The van der Waals surface area contributed by atoms with Gasteiger partial charge in [-0.15, -0.1) is 0 Å². The number of H-pyrrole nitrogens is 1. The van der Waals surface area contributed by atoms with Gasteiger partial charge in [0.05, 0.1) is 27.5 Å². The fourth-order valence-electron chi connectivity index (χ4n) is 5.36. The molecule has 6 heterocycles. The molecule has 1 N–H and O–H groups in total. The molecule has 9 nitrogen and oxygen atoms in total. The molecule has 4 aromatic heterocycles. The number of rotatable bonds is 4. The van der Waals surface area contributed by atoms with Gasteiger partial charge >= 0.3 is 6.09 Å². The van der Waals surface area contributed by atoms with Gasteiger partial charge in [0, 0.05) is 42.6 Å². The molecule has 0 aromatic carbocycles. The first-order valence-electron chi connectivity index (χ1n) is 12.9. The number of ether oxygens (including phenoxy) is 1. The molecule has 11 heteroatoms. The Morgan fingerprint density at radius 3 is 2.84 bits per heavy atom. The van der Waals surface area contributed by atoms with E-state index in [4.69, 9.17) is 26.3 Å². The summed E-state index contributed by atoms with van der Waals surface area (Å²) >= 11 is 8.30. The molecule has 2 bridgehead atoms. The van der Waals surface area contributed by atoms with Gasteiger partial charge in [0.15, 0.2) is 5.16 Å². The van der Waals surface area contributed by atoms with Crippen molar-refractivity contribution in [3.8, 4) is 0 Å². The van der Waals surface area contributed by atoms with Gasteiger partial charge in [-0.25, -0.2) is 14.8 Å². The Balaban J connectivity index is 1.35. The first-order valence-corrected chi connectivity index (χ1v) is 14.1. The maximum absolute atomic E-state index is 12.9. The summed E-state index contributed by atoms with van der Waals surface area (Å²) in [6.45, 7) is 9.90. The number of likely N-dealkylation sites (tertiary alicyclic amines) is 1. The van der Waals surface area contributed by atoms with Crippen molar-refractivity contribution in [3.63, 3.8) is 0 Å². The van der Waals surface area contributed by atoms with Crippen LogP contribution in [0.2, 0.25) is 5.02 Å². The van der Waals surface area contributed by atoms with Crippen LogP contribution in [0.1, 0.15) is 39.8 Å². The van der Waals surface area contributed by atoms with Gasteiger partial charge in [-0.3, -0.25) is 9.97 Å². The molecule has 2 unspecified atom stereocenters. The van der Waals surface area contributed by atoms with Crippen LogP contribution in [-0.4, -0.2) is 67.2 Å². The van der Waals surface area contributed by atoms with Gasteiger partial charge < -0.3 is 19.5 Å². The molecule has 4 aromatic rings. The lowest BCUT2D eigenvalue weighted by Gasteiger charge is -2.34. The zero-order valence-electron chi connectivity index (χ0n) is 21.9. The van der Waals surface area contributed by atoms with E-state index in [2.05, 4.69) is 26.8 Å². The van der Waals surface area contributed by atoms with Gasteiger partial charge in [-0.05, 0) is 69.5 Å². The third kappa shape index (κ3) is 4.75. The maximum Gasteiger partial charge on any atom is 0.410 e. The van der Waals surface area contributed by atoms with Crippen LogP contribution in [0.25, 0.3) is 22.1 Å². The van der Waals surface area contributed by atoms with E-state index in [9.17, 15) is 4.79 Å². The summed E-state index contributed by atoms with van der Waals surface area (Å²) in [6, 6.07) is 5.88. The van der Waals surface area contributed by atoms with Crippen LogP contribution in [0.15, 0.2) is 40.6 Å². The number of halogens is 1. The number of anilines is 1. The van der Waals surface area contributed by atoms with E-state index in [0.29, 0.717) is 34.8 Å². The number of carbonyl (C=O) groups is 1. The zero-order valence-corrected chi connectivity index (χ0v) is 23.4. The van der Waals surface area contributed by atoms with E-state index in [1.165, 1.54) is 11.8 Å². The number of hydrogen-bond donors (Lipinski definition) is 1. The number of nitrogens with zero attached hydrogens (tertiary/aromatic N) is 6. The molecule has 0 saturated carbocycles. The molecule has 2 saturated heterocycles. The minimum absolute atomic E-state index is 0.0591. The summed E-state index contributed by atoms with van der Waals surface area (Å²) in [5.74, 6) is 1.13. The second-order valence-electron chi connectivity index (χ2n) is 10.9. The lowest BCUT2D eigenvalue weighted by Crippen LogP contribution is -2.45. The molecule has 2 atom stereocenters. The molecule has 2 aliphatic heterocycles. The third-order valence-corrected chi connectivity index (χ3v) is 8.19. The predicted octanol–water partition coefficient (Wildman–Crippen LogP) is 5.71. The summed E-state index contributed by atoms with van der Waals surface area (Å²) in [4.78, 5) is 40.2. The van der Waals surface area contributed by atoms with Crippen molar-refractivity contribution in [3.05, 3.63) is 41.3 Å². The minimum atomic E-state index is -0.527. The van der Waals surface area contributed by atoms with Crippen LogP contribution in [-0.2, 0) is 11.2 Å². The van der Waals surface area contributed by atoms with Crippen LogP contribution in [0, 0.1) is 5.92 Å². The van der Waals surface area contributed by atoms with Crippen molar-refractivity contribution in [2.24, 2.45) is 5.92 Å². The fraction of sp³-hybridized carbons (Fsp3) is 0.444. The summed E-state index contributed by atoms with van der Waals surface area (Å²) < 4.78 is 5.70. The predicted molar refractivity (Wildman–Crippen MR) is 149 cm³/mol. The first-order chi connectivity index (χ1) is 18.2. The van der Waals surface area contributed by atoms with Crippen LogP contribution in [0.5, 0.6) is 0 Å². The molecule has 38 heavy (non-hydrogen) atoms. The lowest BCUT2D eigenvalue weighted by atomic mass is 10.00. The second-order valence-corrected chi connectivity index (χ2v) is 12.4. The van der Waals surface area contributed by atoms with E-state index in [-0.39, 0.29) is 12.1 Å². The van der Waals surface area contributed by atoms with Crippen LogP contribution < -0.4 is 4.90 Å². The number of pyridine rings is 2. The van der Waals surface area contributed by atoms with Crippen molar-refractivity contribution in [1.29, 1.82) is 0 Å². The molecule has 0 spiro atoms. The third-order valence-electron chi connectivity index (χ3n) is 6.95. The average Bonchev–Trinajstić information content (AvgIpc) is 3.36. The molecule has 198 valence electrons. The number of carbonyl (C=O) groups excluding carboxylic acids is 1. The standard InChI is InChI=1S/C27H30ClN7O2S/c1-5-18-22(28)21-23(31-18)32-25(38-17-10-20-19(30-11-17)7-6-8-29-20)33-24(21)34-12-15-9-16(14-34)35(13-15)26(36)37-27(2,3)4/h6-8,10-11,15-16H,5,9,12-14H2,1-4H3,(H,31,32,33). The van der Waals surface area contributed by atoms with E-state index < -0.39 is 5.60 Å². The SMILES string of the molecule is CCc1[nH]c2nc(Sc3cnc4cccnc4c3)nc(N3CC4CC(C3)N(C(=O)OC(C)(C)C)C4)c2c1Cl. The molecule has 1 amide bonds. The topological polar surface area (TPSA) is 100 Å². The fourth-order valence-corrected chi connectivity index (χ4v) is 6.47. The van der Waals surface area contributed by atoms with Crippen molar-refractivity contribution in [2.75, 3.05) is 24.5 Å². The van der Waals surface area contributed by atoms with Gasteiger partial charge in [0.2, 0.25) is 0 Å². The Labute approximate surface area is 230 Å².